The van der Waals surface area contributed by atoms with E-state index in [1.54, 1.807) is 23.1 Å². The first kappa shape index (κ1) is 13.1. The van der Waals surface area contributed by atoms with Gasteiger partial charge < -0.3 is 14.6 Å². The summed E-state index contributed by atoms with van der Waals surface area (Å²) >= 11 is 0. The second kappa shape index (κ2) is 4.90. The molecule has 4 nitrogen and oxygen atoms in total. The average molecular weight is 276 g/mol. The van der Waals surface area contributed by atoms with Crippen molar-refractivity contribution < 1.29 is 13.9 Å². The van der Waals surface area contributed by atoms with E-state index >= 15 is 0 Å². The molecule has 2 heterocycles. The van der Waals surface area contributed by atoms with Gasteiger partial charge in [0.05, 0.1) is 12.2 Å². The van der Waals surface area contributed by atoms with E-state index in [-0.39, 0.29) is 23.9 Å². The number of morpholine rings is 1. The summed E-state index contributed by atoms with van der Waals surface area (Å²) in [5.74, 6) is -0.427. The van der Waals surface area contributed by atoms with Gasteiger partial charge in [-0.25, -0.2) is 4.39 Å². The highest BCUT2D eigenvalue weighted by Crippen LogP contribution is 2.21. The van der Waals surface area contributed by atoms with Crippen LogP contribution in [0.1, 0.15) is 24.3 Å². The molecule has 0 spiro atoms. The number of rotatable bonds is 1. The molecule has 20 heavy (non-hydrogen) atoms. The minimum atomic E-state index is -0.318. The molecule has 1 aromatic carbocycles. The standard InChI is InChI=1S/C15H17FN2O2/c1-9-7-18(8-10(2)20-9)15(19)14-6-11-12(16)4-3-5-13(11)17-14/h3-6,9-10,17H,7-8H2,1-2H3. The topological polar surface area (TPSA) is 45.3 Å². The first-order chi connectivity index (χ1) is 9.54. The summed E-state index contributed by atoms with van der Waals surface area (Å²) in [6.45, 7) is 5.00. The van der Waals surface area contributed by atoms with Gasteiger partial charge in [-0.1, -0.05) is 6.07 Å². The first-order valence-corrected chi connectivity index (χ1v) is 6.76. The van der Waals surface area contributed by atoms with Gasteiger partial charge in [0.2, 0.25) is 0 Å². The van der Waals surface area contributed by atoms with Crippen molar-refractivity contribution in [3.05, 3.63) is 35.8 Å². The third-order valence-corrected chi connectivity index (χ3v) is 3.55. The molecule has 0 radical (unpaired) electrons. The molecule has 2 atom stereocenters. The third kappa shape index (κ3) is 2.29. The van der Waals surface area contributed by atoms with Crippen LogP contribution in [0, 0.1) is 5.82 Å². The highest BCUT2D eigenvalue weighted by atomic mass is 19.1. The zero-order valence-corrected chi connectivity index (χ0v) is 11.5. The number of hydrogen-bond acceptors (Lipinski definition) is 2. The number of amides is 1. The minimum absolute atomic E-state index is 0.0174. The fourth-order valence-electron chi connectivity index (χ4n) is 2.75. The molecule has 0 bridgehead atoms. The molecule has 1 aliphatic rings. The Morgan fingerprint density at radius 1 is 1.35 bits per heavy atom. The molecule has 2 aromatic rings. The molecule has 1 amide bonds. The van der Waals surface area contributed by atoms with Crippen molar-refractivity contribution in [1.82, 2.24) is 9.88 Å². The lowest BCUT2D eigenvalue weighted by atomic mass is 10.2. The number of H-pyrrole nitrogens is 1. The van der Waals surface area contributed by atoms with E-state index < -0.39 is 0 Å². The summed E-state index contributed by atoms with van der Waals surface area (Å²) in [7, 11) is 0. The van der Waals surface area contributed by atoms with Crippen LogP contribution in [0.25, 0.3) is 10.9 Å². The number of nitrogens with one attached hydrogen (secondary N) is 1. The molecular formula is C15H17FN2O2. The molecule has 0 saturated carbocycles. The van der Waals surface area contributed by atoms with Crippen LogP contribution in [0.4, 0.5) is 4.39 Å². The Hall–Kier alpha value is -1.88. The summed E-state index contributed by atoms with van der Waals surface area (Å²) in [4.78, 5) is 17.2. The summed E-state index contributed by atoms with van der Waals surface area (Å²) in [6, 6.07) is 6.36. The largest absolute Gasteiger partial charge is 0.372 e. The predicted molar refractivity (Wildman–Crippen MR) is 74.2 cm³/mol. The van der Waals surface area contributed by atoms with Gasteiger partial charge in [-0.05, 0) is 32.0 Å². The summed E-state index contributed by atoms with van der Waals surface area (Å²) in [5.41, 5.74) is 1.06. The smallest absolute Gasteiger partial charge is 0.270 e. The lowest BCUT2D eigenvalue weighted by molar-refractivity contribution is -0.0587. The van der Waals surface area contributed by atoms with Crippen molar-refractivity contribution in [3.8, 4) is 0 Å². The van der Waals surface area contributed by atoms with Gasteiger partial charge in [0.15, 0.2) is 0 Å². The van der Waals surface area contributed by atoms with Gasteiger partial charge in [-0.2, -0.15) is 0 Å². The Bertz CT molecular complexity index is 642. The Labute approximate surface area is 116 Å². The van der Waals surface area contributed by atoms with Crippen LogP contribution < -0.4 is 0 Å². The number of aromatic nitrogens is 1. The number of fused-ring (bicyclic) bond motifs is 1. The number of nitrogens with zero attached hydrogens (tertiary/aromatic N) is 1. The lowest BCUT2D eigenvalue weighted by Crippen LogP contribution is -2.48. The van der Waals surface area contributed by atoms with Crippen LogP contribution >= 0.6 is 0 Å². The fraction of sp³-hybridized carbons (Fsp3) is 0.400. The number of ether oxygens (including phenoxy) is 1. The summed E-state index contributed by atoms with van der Waals surface area (Å²) in [6.07, 6.45) is 0.0348. The molecular weight excluding hydrogens is 259 g/mol. The number of aromatic amines is 1. The van der Waals surface area contributed by atoms with Gasteiger partial charge in [0, 0.05) is 24.0 Å². The molecule has 3 rings (SSSR count). The van der Waals surface area contributed by atoms with Gasteiger partial charge in [-0.3, -0.25) is 4.79 Å². The average Bonchev–Trinajstić information content (AvgIpc) is 2.82. The molecule has 1 aromatic heterocycles. The minimum Gasteiger partial charge on any atom is -0.372 e. The van der Waals surface area contributed by atoms with Crippen LogP contribution in [-0.4, -0.2) is 41.1 Å². The fourth-order valence-corrected chi connectivity index (χ4v) is 2.75. The van der Waals surface area contributed by atoms with E-state index in [1.807, 2.05) is 13.8 Å². The van der Waals surface area contributed by atoms with Crippen LogP contribution in [-0.2, 0) is 4.74 Å². The monoisotopic (exact) mass is 276 g/mol. The molecule has 5 heteroatoms. The normalized spacial score (nSPS) is 23.2. The Balaban J connectivity index is 1.90. The molecule has 0 aliphatic carbocycles. The van der Waals surface area contributed by atoms with Crippen molar-refractivity contribution in [2.24, 2.45) is 0 Å². The third-order valence-electron chi connectivity index (χ3n) is 3.55. The molecule has 106 valence electrons. The molecule has 1 fully saturated rings. The van der Waals surface area contributed by atoms with Gasteiger partial charge >= 0.3 is 0 Å². The second-order valence-electron chi connectivity index (χ2n) is 5.35. The zero-order valence-electron chi connectivity index (χ0n) is 11.5. The first-order valence-electron chi connectivity index (χ1n) is 6.76. The molecule has 1 aliphatic heterocycles. The molecule has 1 saturated heterocycles. The maximum Gasteiger partial charge on any atom is 0.270 e. The van der Waals surface area contributed by atoms with Crippen molar-refractivity contribution in [3.63, 3.8) is 0 Å². The number of benzene rings is 1. The number of hydrogen-bond donors (Lipinski definition) is 1. The van der Waals surface area contributed by atoms with Crippen molar-refractivity contribution in [2.75, 3.05) is 13.1 Å². The van der Waals surface area contributed by atoms with E-state index in [9.17, 15) is 9.18 Å². The zero-order chi connectivity index (χ0) is 14.3. The van der Waals surface area contributed by atoms with E-state index in [4.69, 9.17) is 4.74 Å². The predicted octanol–water partition coefficient (Wildman–Crippen LogP) is 2.56. The lowest BCUT2D eigenvalue weighted by Gasteiger charge is -2.35. The highest BCUT2D eigenvalue weighted by Gasteiger charge is 2.27. The van der Waals surface area contributed by atoms with E-state index in [0.29, 0.717) is 29.7 Å². The number of halogens is 1. The summed E-state index contributed by atoms with van der Waals surface area (Å²) in [5, 5.41) is 0.449. The SMILES string of the molecule is CC1CN(C(=O)c2cc3c(F)cccc3[nH]2)CC(C)O1. The molecule has 2 unspecified atom stereocenters. The maximum atomic E-state index is 13.7. The second-order valence-corrected chi connectivity index (χ2v) is 5.35. The van der Waals surface area contributed by atoms with Crippen molar-refractivity contribution in [1.29, 1.82) is 0 Å². The van der Waals surface area contributed by atoms with E-state index in [0.717, 1.165) is 0 Å². The summed E-state index contributed by atoms with van der Waals surface area (Å²) < 4.78 is 19.3. The molecule has 1 N–H and O–H groups in total. The quantitative estimate of drug-likeness (QED) is 0.870. The van der Waals surface area contributed by atoms with Gasteiger partial charge in [-0.15, -0.1) is 0 Å². The van der Waals surface area contributed by atoms with Crippen LogP contribution in [0.15, 0.2) is 24.3 Å². The van der Waals surface area contributed by atoms with E-state index in [2.05, 4.69) is 4.98 Å². The Kier molecular flexibility index (Phi) is 3.22. The van der Waals surface area contributed by atoms with Crippen molar-refractivity contribution >= 4 is 16.8 Å². The highest BCUT2D eigenvalue weighted by molar-refractivity contribution is 5.98. The Morgan fingerprint density at radius 3 is 2.70 bits per heavy atom. The van der Waals surface area contributed by atoms with Crippen LogP contribution in [0.5, 0.6) is 0 Å². The number of carbonyl (C=O) groups excluding carboxylic acids is 1. The van der Waals surface area contributed by atoms with Gasteiger partial charge in [0.1, 0.15) is 11.5 Å². The van der Waals surface area contributed by atoms with Crippen molar-refractivity contribution in [2.45, 2.75) is 26.1 Å². The van der Waals surface area contributed by atoms with Gasteiger partial charge in [0.25, 0.3) is 5.91 Å². The van der Waals surface area contributed by atoms with E-state index in [1.165, 1.54) is 6.07 Å². The van der Waals surface area contributed by atoms with Crippen LogP contribution in [0.3, 0.4) is 0 Å². The number of carbonyl (C=O) groups is 1. The Morgan fingerprint density at radius 2 is 2.05 bits per heavy atom. The maximum absolute atomic E-state index is 13.7. The van der Waals surface area contributed by atoms with Crippen LogP contribution in [0.2, 0.25) is 0 Å².